The molecule has 1 aliphatic carbocycles. The van der Waals surface area contributed by atoms with E-state index in [2.05, 4.69) is 16.4 Å². The Morgan fingerprint density at radius 2 is 1.78 bits per heavy atom. The lowest BCUT2D eigenvalue weighted by Crippen LogP contribution is -2.30. The van der Waals surface area contributed by atoms with E-state index in [4.69, 9.17) is 4.74 Å². The zero-order chi connectivity index (χ0) is 26.2. The topological polar surface area (TPSA) is 109 Å². The van der Waals surface area contributed by atoms with Crippen molar-refractivity contribution in [1.29, 1.82) is 5.26 Å². The number of anilines is 2. The number of hydrogen-bond donors (Lipinski definition) is 2. The van der Waals surface area contributed by atoms with E-state index >= 15 is 0 Å². The summed E-state index contributed by atoms with van der Waals surface area (Å²) < 4.78 is 44.7. The Morgan fingerprint density at radius 1 is 1.00 bits per heavy atom. The molecule has 2 heterocycles. The van der Waals surface area contributed by atoms with E-state index in [-0.39, 0.29) is 11.7 Å². The summed E-state index contributed by atoms with van der Waals surface area (Å²) in [6, 6.07) is 19.1. The number of amides is 2. The number of benzene rings is 2. The summed E-state index contributed by atoms with van der Waals surface area (Å²) in [5.74, 6) is -1.95. The van der Waals surface area contributed by atoms with Crippen molar-refractivity contribution in [1.82, 2.24) is 9.38 Å². The zero-order valence-electron chi connectivity index (χ0n) is 19.0. The van der Waals surface area contributed by atoms with Gasteiger partial charge in [0.1, 0.15) is 17.1 Å². The van der Waals surface area contributed by atoms with Crippen molar-refractivity contribution < 1.29 is 27.5 Å². The zero-order valence-corrected chi connectivity index (χ0v) is 19.0. The van der Waals surface area contributed by atoms with Gasteiger partial charge in [0.05, 0.1) is 23.9 Å². The molecule has 0 bridgehead atoms. The molecule has 2 aromatic carbocycles. The van der Waals surface area contributed by atoms with Gasteiger partial charge < -0.3 is 19.8 Å². The molecule has 0 radical (unpaired) electrons. The number of fused-ring (bicyclic) bond motifs is 1. The highest BCUT2D eigenvalue weighted by Gasteiger charge is 2.45. The number of carbonyl (C=O) groups excluding carboxylic acids is 2. The van der Waals surface area contributed by atoms with Crippen molar-refractivity contribution in [2.45, 2.75) is 24.4 Å². The number of ether oxygens (including phenoxy) is 1. The molecule has 0 atom stereocenters. The van der Waals surface area contributed by atoms with Crippen molar-refractivity contribution in [3.05, 3.63) is 84.2 Å². The van der Waals surface area contributed by atoms with Crippen LogP contribution in [0.1, 0.15) is 28.8 Å². The fourth-order valence-corrected chi connectivity index (χ4v) is 3.80. The minimum absolute atomic E-state index is 0.254. The van der Waals surface area contributed by atoms with Crippen molar-refractivity contribution in [3.8, 4) is 17.6 Å². The van der Waals surface area contributed by atoms with Crippen LogP contribution in [0.5, 0.6) is 11.5 Å². The van der Waals surface area contributed by atoms with Gasteiger partial charge in [0, 0.05) is 17.3 Å². The maximum Gasteiger partial charge on any atom is 0.471 e. The van der Waals surface area contributed by atoms with Crippen LogP contribution in [0.2, 0.25) is 0 Å². The van der Waals surface area contributed by atoms with Gasteiger partial charge in [0.15, 0.2) is 5.82 Å². The second-order valence-electron chi connectivity index (χ2n) is 8.57. The van der Waals surface area contributed by atoms with Crippen LogP contribution in [0.25, 0.3) is 5.65 Å². The van der Waals surface area contributed by atoms with Crippen LogP contribution in [0.4, 0.5) is 24.7 Å². The molecule has 1 saturated carbocycles. The second kappa shape index (κ2) is 8.98. The van der Waals surface area contributed by atoms with Gasteiger partial charge in [-0.3, -0.25) is 9.59 Å². The van der Waals surface area contributed by atoms with E-state index < -0.39 is 17.5 Å². The number of nitrogens with one attached hydrogen (secondary N) is 2. The monoisotopic (exact) mass is 505 g/mol. The van der Waals surface area contributed by atoms with Crippen molar-refractivity contribution >= 4 is 29.0 Å². The third-order valence-corrected chi connectivity index (χ3v) is 5.89. The standard InChI is InChI=1S/C26H18F3N5O3/c27-26(28,29)24(36)33-21-14-34-13-20(7-8-22(34)32-21)37-19-6-2-5-18(12-19)31-23(35)16-3-1-4-17(11-16)25(15-30)9-10-25/h1-8,11-14H,9-10H2,(H,31,35)(H,33,36). The van der Waals surface area contributed by atoms with Crippen LogP contribution < -0.4 is 15.4 Å². The highest BCUT2D eigenvalue weighted by molar-refractivity contribution is 6.04. The lowest BCUT2D eigenvalue weighted by atomic mass is 9.96. The summed E-state index contributed by atoms with van der Waals surface area (Å²) in [6.45, 7) is 0. The quantitative estimate of drug-likeness (QED) is 0.363. The normalized spacial score (nSPS) is 14.0. The Bertz CT molecular complexity index is 1570. The Labute approximate surface area is 208 Å². The molecule has 4 aromatic rings. The molecule has 2 amide bonds. The van der Waals surface area contributed by atoms with E-state index in [1.807, 2.05) is 6.07 Å². The summed E-state index contributed by atoms with van der Waals surface area (Å²) in [4.78, 5) is 27.9. The molecular formula is C26H18F3N5O3. The first-order valence-corrected chi connectivity index (χ1v) is 11.1. The van der Waals surface area contributed by atoms with Gasteiger partial charge >= 0.3 is 12.1 Å². The molecule has 0 spiro atoms. The van der Waals surface area contributed by atoms with Gasteiger partial charge in [-0.15, -0.1) is 0 Å². The van der Waals surface area contributed by atoms with Gasteiger partial charge in [-0.1, -0.05) is 18.2 Å². The number of alkyl halides is 3. The van der Waals surface area contributed by atoms with Gasteiger partial charge in [-0.2, -0.15) is 18.4 Å². The number of carbonyl (C=O) groups is 2. The van der Waals surface area contributed by atoms with Crippen LogP contribution >= 0.6 is 0 Å². The molecule has 0 saturated heterocycles. The summed E-state index contributed by atoms with van der Waals surface area (Å²) in [7, 11) is 0. The van der Waals surface area contributed by atoms with Gasteiger partial charge in [0.25, 0.3) is 5.91 Å². The highest BCUT2D eigenvalue weighted by atomic mass is 19.4. The molecule has 2 aromatic heterocycles. The van der Waals surface area contributed by atoms with Crippen LogP contribution in [0, 0.1) is 11.3 Å². The van der Waals surface area contributed by atoms with Crippen LogP contribution in [-0.2, 0) is 10.2 Å². The number of imidazole rings is 1. The first-order valence-electron chi connectivity index (χ1n) is 11.1. The van der Waals surface area contributed by atoms with Gasteiger partial charge in [-0.25, -0.2) is 4.98 Å². The van der Waals surface area contributed by atoms with Crippen LogP contribution in [-0.4, -0.2) is 27.4 Å². The summed E-state index contributed by atoms with van der Waals surface area (Å²) in [6.07, 6.45) is -0.742. The smallest absolute Gasteiger partial charge is 0.456 e. The lowest BCUT2D eigenvalue weighted by Gasteiger charge is -2.11. The molecule has 2 N–H and O–H groups in total. The van der Waals surface area contributed by atoms with Crippen molar-refractivity contribution in [2.24, 2.45) is 0 Å². The fourth-order valence-electron chi connectivity index (χ4n) is 3.80. The third-order valence-electron chi connectivity index (χ3n) is 5.89. The average molecular weight is 505 g/mol. The summed E-state index contributed by atoms with van der Waals surface area (Å²) >= 11 is 0. The average Bonchev–Trinajstić information content (AvgIpc) is 3.57. The predicted octanol–water partition coefficient (Wildman–Crippen LogP) is 5.43. The molecule has 8 nitrogen and oxygen atoms in total. The van der Waals surface area contributed by atoms with E-state index in [0.717, 1.165) is 18.4 Å². The molecule has 11 heteroatoms. The minimum Gasteiger partial charge on any atom is -0.456 e. The van der Waals surface area contributed by atoms with Crippen molar-refractivity contribution in [3.63, 3.8) is 0 Å². The van der Waals surface area contributed by atoms with Gasteiger partial charge in [0.2, 0.25) is 0 Å². The second-order valence-corrected chi connectivity index (χ2v) is 8.57. The molecule has 5 rings (SSSR count). The summed E-state index contributed by atoms with van der Waals surface area (Å²) in [5, 5.41) is 13.9. The fraction of sp³-hybridized carbons (Fsp3) is 0.154. The molecule has 186 valence electrons. The largest absolute Gasteiger partial charge is 0.471 e. The van der Waals surface area contributed by atoms with E-state index in [0.29, 0.717) is 28.4 Å². The van der Waals surface area contributed by atoms with Crippen LogP contribution in [0.15, 0.2) is 73.1 Å². The minimum atomic E-state index is -5.02. The first-order chi connectivity index (χ1) is 17.6. The highest BCUT2D eigenvalue weighted by Crippen LogP contribution is 2.47. The van der Waals surface area contributed by atoms with E-state index in [1.54, 1.807) is 53.8 Å². The number of hydrogen-bond acceptors (Lipinski definition) is 5. The Hall–Kier alpha value is -4.85. The Balaban J connectivity index is 1.28. The Morgan fingerprint density at radius 3 is 2.51 bits per heavy atom. The molecule has 0 unspecified atom stereocenters. The van der Waals surface area contributed by atoms with E-state index in [9.17, 15) is 28.0 Å². The third kappa shape index (κ3) is 5.08. The number of nitrogens with zero attached hydrogens (tertiary/aromatic N) is 3. The van der Waals surface area contributed by atoms with Crippen molar-refractivity contribution in [2.75, 3.05) is 10.6 Å². The lowest BCUT2D eigenvalue weighted by molar-refractivity contribution is -0.167. The van der Waals surface area contributed by atoms with Crippen LogP contribution in [0.3, 0.4) is 0 Å². The van der Waals surface area contributed by atoms with E-state index in [1.165, 1.54) is 22.9 Å². The Kier molecular flexibility index (Phi) is 5.79. The SMILES string of the molecule is N#CC1(c2cccc(C(=O)Nc3cccc(Oc4ccc5nc(NC(=O)C(F)(F)F)cn5c4)c3)c2)CC1. The summed E-state index contributed by atoms with van der Waals surface area (Å²) in [5.41, 5.74) is 1.55. The molecule has 37 heavy (non-hydrogen) atoms. The number of halogens is 3. The molecule has 0 aliphatic heterocycles. The molecule has 1 aliphatic rings. The molecule has 1 fully saturated rings. The number of pyridine rings is 1. The maximum atomic E-state index is 12.8. The number of nitriles is 1. The van der Waals surface area contributed by atoms with Gasteiger partial charge in [-0.05, 0) is 54.8 Å². The number of aromatic nitrogens is 2. The number of rotatable bonds is 6. The first kappa shape index (κ1) is 23.9. The maximum absolute atomic E-state index is 12.8. The molecular weight excluding hydrogens is 487 g/mol. The predicted molar refractivity (Wildman–Crippen MR) is 127 cm³/mol.